The largest absolute Gasteiger partial charge is 0.493 e. The van der Waals surface area contributed by atoms with Crippen molar-refractivity contribution < 1.29 is 24.2 Å². The Hall–Kier alpha value is -2.04. The summed E-state index contributed by atoms with van der Waals surface area (Å²) in [7, 11) is 1.51. The molecule has 0 aromatic heterocycles. The van der Waals surface area contributed by atoms with Crippen LogP contribution in [-0.4, -0.2) is 30.6 Å². The van der Waals surface area contributed by atoms with Gasteiger partial charge in [-0.1, -0.05) is 0 Å². The number of hydrogen-bond donors (Lipinski definition) is 1. The van der Waals surface area contributed by atoms with Gasteiger partial charge < -0.3 is 14.6 Å². The van der Waals surface area contributed by atoms with Crippen LogP contribution in [-0.2, 0) is 4.79 Å². The van der Waals surface area contributed by atoms with Crippen LogP contribution in [0.1, 0.15) is 36.5 Å². The van der Waals surface area contributed by atoms with E-state index in [0.29, 0.717) is 36.5 Å². The van der Waals surface area contributed by atoms with Gasteiger partial charge in [-0.15, -0.1) is 0 Å². The fourth-order valence-corrected chi connectivity index (χ4v) is 1.57. The predicted octanol–water partition coefficient (Wildman–Crippen LogP) is 2.53. The van der Waals surface area contributed by atoms with Crippen LogP contribution in [0.2, 0.25) is 0 Å². The van der Waals surface area contributed by atoms with Crippen molar-refractivity contribution >= 4 is 11.8 Å². The van der Waals surface area contributed by atoms with Crippen molar-refractivity contribution in [1.82, 2.24) is 0 Å². The molecule has 19 heavy (non-hydrogen) atoms. The molecule has 1 aromatic carbocycles. The zero-order valence-electron chi connectivity index (χ0n) is 11.1. The smallest absolute Gasteiger partial charge is 0.303 e. The molecule has 0 aliphatic carbocycles. The molecular formula is C14H18O5. The molecule has 104 valence electrons. The third-order valence-corrected chi connectivity index (χ3v) is 2.61. The fraction of sp³-hybridized carbons (Fsp3) is 0.429. The number of ketones is 1. The second-order valence-electron chi connectivity index (χ2n) is 4.12. The molecule has 0 fully saturated rings. The number of carbonyl (C=O) groups excluding carboxylic acids is 1. The number of hydrogen-bond acceptors (Lipinski definition) is 4. The lowest BCUT2D eigenvalue weighted by Gasteiger charge is -2.11. The second kappa shape index (κ2) is 7.41. The van der Waals surface area contributed by atoms with Crippen molar-refractivity contribution in [3.63, 3.8) is 0 Å². The third-order valence-electron chi connectivity index (χ3n) is 2.61. The molecule has 0 atom stereocenters. The normalized spacial score (nSPS) is 10.0. The maximum absolute atomic E-state index is 11.2. The second-order valence-corrected chi connectivity index (χ2v) is 4.12. The van der Waals surface area contributed by atoms with Gasteiger partial charge in [0.25, 0.3) is 0 Å². The highest BCUT2D eigenvalue weighted by Gasteiger charge is 2.08. The molecule has 0 saturated carbocycles. The minimum absolute atomic E-state index is 0.0358. The van der Waals surface area contributed by atoms with Crippen molar-refractivity contribution in [3.8, 4) is 11.5 Å². The summed E-state index contributed by atoms with van der Waals surface area (Å²) in [5, 5.41) is 8.50. The topological polar surface area (TPSA) is 72.8 Å². The van der Waals surface area contributed by atoms with Gasteiger partial charge >= 0.3 is 5.97 Å². The van der Waals surface area contributed by atoms with Gasteiger partial charge in [-0.25, -0.2) is 0 Å². The summed E-state index contributed by atoms with van der Waals surface area (Å²) in [5.74, 6) is 0.225. The lowest BCUT2D eigenvalue weighted by atomic mass is 10.1. The molecule has 0 spiro atoms. The summed E-state index contributed by atoms with van der Waals surface area (Å²) in [6, 6.07) is 5.00. The predicted molar refractivity (Wildman–Crippen MR) is 70.0 cm³/mol. The zero-order chi connectivity index (χ0) is 14.3. The van der Waals surface area contributed by atoms with Crippen LogP contribution in [0.15, 0.2) is 18.2 Å². The minimum atomic E-state index is -0.802. The third kappa shape index (κ3) is 4.99. The van der Waals surface area contributed by atoms with E-state index >= 15 is 0 Å². The number of rotatable bonds is 8. The van der Waals surface area contributed by atoms with E-state index in [9.17, 15) is 9.59 Å². The quantitative estimate of drug-likeness (QED) is 0.578. The van der Waals surface area contributed by atoms with Gasteiger partial charge in [0.2, 0.25) is 0 Å². The van der Waals surface area contributed by atoms with Gasteiger partial charge in [0.1, 0.15) is 0 Å². The first-order valence-electron chi connectivity index (χ1n) is 6.08. The number of unbranched alkanes of at least 4 members (excludes halogenated alkanes) is 1. The molecule has 0 amide bonds. The first-order valence-corrected chi connectivity index (χ1v) is 6.08. The molecule has 1 N–H and O–H groups in total. The SMILES string of the molecule is COc1cc(C(C)=O)ccc1OCCCCC(=O)O. The molecule has 0 radical (unpaired) electrons. The molecule has 0 aliphatic rings. The van der Waals surface area contributed by atoms with Crippen molar-refractivity contribution in [1.29, 1.82) is 0 Å². The highest BCUT2D eigenvalue weighted by atomic mass is 16.5. The average Bonchev–Trinajstić information content (AvgIpc) is 2.37. The lowest BCUT2D eigenvalue weighted by molar-refractivity contribution is -0.137. The van der Waals surface area contributed by atoms with Crippen LogP contribution < -0.4 is 9.47 Å². The molecule has 0 heterocycles. The van der Waals surface area contributed by atoms with E-state index in [-0.39, 0.29) is 12.2 Å². The van der Waals surface area contributed by atoms with Crippen LogP contribution in [0, 0.1) is 0 Å². The summed E-state index contributed by atoms with van der Waals surface area (Å²) < 4.78 is 10.7. The first kappa shape index (κ1) is 15.0. The summed E-state index contributed by atoms with van der Waals surface area (Å²) in [4.78, 5) is 21.6. The summed E-state index contributed by atoms with van der Waals surface area (Å²) in [5.41, 5.74) is 0.565. The van der Waals surface area contributed by atoms with Crippen LogP contribution in [0.4, 0.5) is 0 Å². The average molecular weight is 266 g/mol. The molecule has 5 nitrogen and oxygen atoms in total. The number of carbonyl (C=O) groups is 2. The zero-order valence-corrected chi connectivity index (χ0v) is 11.1. The van der Waals surface area contributed by atoms with E-state index in [1.165, 1.54) is 14.0 Å². The minimum Gasteiger partial charge on any atom is -0.493 e. The van der Waals surface area contributed by atoms with Crippen molar-refractivity contribution in [2.45, 2.75) is 26.2 Å². The molecule has 1 rings (SSSR count). The van der Waals surface area contributed by atoms with Gasteiger partial charge in [-0.3, -0.25) is 9.59 Å². The van der Waals surface area contributed by atoms with E-state index in [1.807, 2.05) is 0 Å². The molecule has 5 heteroatoms. The number of benzene rings is 1. The Morgan fingerprint density at radius 3 is 2.53 bits per heavy atom. The number of Topliss-reactive ketones (excluding diaryl/α,β-unsaturated/α-hetero) is 1. The molecule has 0 unspecified atom stereocenters. The van der Waals surface area contributed by atoms with Crippen LogP contribution in [0.5, 0.6) is 11.5 Å². The number of aliphatic carboxylic acids is 1. The molecule has 0 saturated heterocycles. The van der Waals surface area contributed by atoms with Crippen molar-refractivity contribution in [2.24, 2.45) is 0 Å². The number of methoxy groups -OCH3 is 1. The van der Waals surface area contributed by atoms with Crippen LogP contribution in [0.3, 0.4) is 0 Å². The Kier molecular flexibility index (Phi) is 5.85. The van der Waals surface area contributed by atoms with Crippen molar-refractivity contribution in [2.75, 3.05) is 13.7 Å². The molecule has 0 aliphatic heterocycles. The Labute approximate surface area is 112 Å². The standard InChI is InChI=1S/C14H18O5/c1-10(15)11-6-7-12(13(9-11)18-2)19-8-4-3-5-14(16)17/h6-7,9H,3-5,8H2,1-2H3,(H,16,17). The van der Waals surface area contributed by atoms with Gasteiger partial charge in [0, 0.05) is 12.0 Å². The molecule has 1 aromatic rings. The van der Waals surface area contributed by atoms with Gasteiger partial charge in [-0.2, -0.15) is 0 Å². The van der Waals surface area contributed by atoms with Gasteiger partial charge in [-0.05, 0) is 38.0 Å². The summed E-state index contributed by atoms with van der Waals surface area (Å²) in [6.07, 6.45) is 1.37. The number of carboxylic acid groups (broad SMARTS) is 1. The summed E-state index contributed by atoms with van der Waals surface area (Å²) >= 11 is 0. The lowest BCUT2D eigenvalue weighted by Crippen LogP contribution is -2.02. The Bertz CT molecular complexity index is 453. The highest BCUT2D eigenvalue weighted by Crippen LogP contribution is 2.28. The number of carboxylic acids is 1. The summed E-state index contributed by atoms with van der Waals surface area (Å²) in [6.45, 7) is 1.91. The monoisotopic (exact) mass is 266 g/mol. The molecular weight excluding hydrogens is 248 g/mol. The van der Waals surface area contributed by atoms with E-state index in [1.54, 1.807) is 18.2 Å². The maximum atomic E-state index is 11.2. The van der Waals surface area contributed by atoms with Gasteiger partial charge in [0.05, 0.1) is 13.7 Å². The Morgan fingerprint density at radius 1 is 1.21 bits per heavy atom. The van der Waals surface area contributed by atoms with E-state index < -0.39 is 5.97 Å². The van der Waals surface area contributed by atoms with E-state index in [0.717, 1.165) is 0 Å². The van der Waals surface area contributed by atoms with Crippen LogP contribution >= 0.6 is 0 Å². The Morgan fingerprint density at radius 2 is 1.95 bits per heavy atom. The molecule has 0 bridgehead atoms. The van der Waals surface area contributed by atoms with Crippen LogP contribution in [0.25, 0.3) is 0 Å². The highest BCUT2D eigenvalue weighted by molar-refractivity contribution is 5.94. The maximum Gasteiger partial charge on any atom is 0.303 e. The van der Waals surface area contributed by atoms with Crippen molar-refractivity contribution in [3.05, 3.63) is 23.8 Å². The fourth-order valence-electron chi connectivity index (χ4n) is 1.57. The van der Waals surface area contributed by atoms with E-state index in [4.69, 9.17) is 14.6 Å². The van der Waals surface area contributed by atoms with Gasteiger partial charge in [0.15, 0.2) is 17.3 Å². The Balaban J connectivity index is 2.53. The van der Waals surface area contributed by atoms with E-state index in [2.05, 4.69) is 0 Å². The number of ether oxygens (including phenoxy) is 2. The first-order chi connectivity index (χ1) is 9.04.